The molecule has 3 rings (SSSR count). The SMILES string of the molecule is CN1c2ccc(O)c(O)c2C=C2C=CC=CC21. The summed E-state index contributed by atoms with van der Waals surface area (Å²) < 4.78 is 0. The average molecular weight is 227 g/mol. The van der Waals surface area contributed by atoms with Gasteiger partial charge in [0.25, 0.3) is 0 Å². The first-order valence-corrected chi connectivity index (χ1v) is 5.52. The van der Waals surface area contributed by atoms with E-state index in [1.807, 2.05) is 37.4 Å². The first kappa shape index (κ1) is 10.0. The van der Waals surface area contributed by atoms with E-state index in [1.165, 1.54) is 6.07 Å². The van der Waals surface area contributed by atoms with Crippen molar-refractivity contribution < 1.29 is 10.2 Å². The molecule has 0 spiro atoms. The fraction of sp³-hybridized carbons (Fsp3) is 0.143. The lowest BCUT2D eigenvalue weighted by atomic mass is 9.92. The Hall–Kier alpha value is -2.16. The van der Waals surface area contributed by atoms with Crippen molar-refractivity contribution in [3.63, 3.8) is 0 Å². The molecule has 17 heavy (non-hydrogen) atoms. The third-order valence-corrected chi connectivity index (χ3v) is 3.32. The fourth-order valence-corrected chi connectivity index (χ4v) is 2.38. The van der Waals surface area contributed by atoms with Gasteiger partial charge in [-0.15, -0.1) is 0 Å². The van der Waals surface area contributed by atoms with Gasteiger partial charge in [0.15, 0.2) is 11.5 Å². The van der Waals surface area contributed by atoms with E-state index >= 15 is 0 Å². The summed E-state index contributed by atoms with van der Waals surface area (Å²) in [6.45, 7) is 0. The molecule has 0 saturated heterocycles. The van der Waals surface area contributed by atoms with Crippen LogP contribution in [-0.4, -0.2) is 23.3 Å². The van der Waals surface area contributed by atoms with Gasteiger partial charge in [0.05, 0.1) is 6.04 Å². The number of hydrogen-bond acceptors (Lipinski definition) is 3. The average Bonchev–Trinajstić information content (AvgIpc) is 2.35. The third-order valence-electron chi connectivity index (χ3n) is 3.32. The lowest BCUT2D eigenvalue weighted by molar-refractivity contribution is 0.402. The summed E-state index contributed by atoms with van der Waals surface area (Å²) >= 11 is 0. The minimum atomic E-state index is -0.0808. The first-order valence-electron chi connectivity index (χ1n) is 5.52. The third kappa shape index (κ3) is 1.35. The molecule has 1 atom stereocenters. The molecule has 1 heterocycles. The molecule has 1 aliphatic carbocycles. The molecule has 1 aromatic rings. The molecule has 3 heteroatoms. The molecule has 0 fully saturated rings. The molecule has 1 unspecified atom stereocenters. The molecule has 3 nitrogen and oxygen atoms in total. The summed E-state index contributed by atoms with van der Waals surface area (Å²) in [5.41, 5.74) is 2.72. The second kappa shape index (κ2) is 3.42. The Balaban J connectivity index is 2.24. The summed E-state index contributed by atoms with van der Waals surface area (Å²) in [5, 5.41) is 19.4. The largest absolute Gasteiger partial charge is 0.504 e. The van der Waals surface area contributed by atoms with Gasteiger partial charge in [0.2, 0.25) is 0 Å². The number of phenolic OH excluding ortho intramolecular Hbond substituents is 2. The molecule has 0 radical (unpaired) electrons. The Labute approximate surface area is 99.6 Å². The molecule has 0 saturated carbocycles. The van der Waals surface area contributed by atoms with Crippen LogP contribution >= 0.6 is 0 Å². The van der Waals surface area contributed by atoms with Crippen LogP contribution in [0.5, 0.6) is 11.5 Å². The summed E-state index contributed by atoms with van der Waals surface area (Å²) in [6, 6.07) is 3.55. The quantitative estimate of drug-likeness (QED) is 0.669. The van der Waals surface area contributed by atoms with Gasteiger partial charge in [-0.3, -0.25) is 0 Å². The van der Waals surface area contributed by atoms with Gasteiger partial charge in [0.1, 0.15) is 0 Å². The normalized spacial score (nSPS) is 20.9. The lowest BCUT2D eigenvalue weighted by Gasteiger charge is -2.35. The minimum Gasteiger partial charge on any atom is -0.504 e. The number of likely N-dealkylation sites (N-methyl/N-ethyl adjacent to an activating group) is 1. The molecule has 2 aliphatic rings. The number of nitrogens with zero attached hydrogens (tertiary/aromatic N) is 1. The number of benzene rings is 1. The highest BCUT2D eigenvalue weighted by atomic mass is 16.3. The van der Waals surface area contributed by atoms with Crippen molar-refractivity contribution >= 4 is 11.8 Å². The molecule has 1 aromatic carbocycles. The van der Waals surface area contributed by atoms with Gasteiger partial charge < -0.3 is 15.1 Å². The highest BCUT2D eigenvalue weighted by Gasteiger charge is 2.26. The maximum Gasteiger partial charge on any atom is 0.166 e. The van der Waals surface area contributed by atoms with Crippen molar-refractivity contribution in [3.05, 3.63) is 47.6 Å². The van der Waals surface area contributed by atoms with Crippen LogP contribution in [-0.2, 0) is 0 Å². The molecular weight excluding hydrogens is 214 g/mol. The smallest absolute Gasteiger partial charge is 0.166 e. The molecule has 86 valence electrons. The van der Waals surface area contributed by atoms with E-state index in [2.05, 4.69) is 11.0 Å². The number of fused-ring (bicyclic) bond motifs is 2. The predicted octanol–water partition coefficient (Wildman–Crippen LogP) is 2.43. The molecule has 2 N–H and O–H groups in total. The van der Waals surface area contributed by atoms with Crippen LogP contribution in [0.4, 0.5) is 5.69 Å². The number of phenols is 2. The summed E-state index contributed by atoms with van der Waals surface area (Å²) in [5.74, 6) is -0.133. The Morgan fingerprint density at radius 1 is 1.18 bits per heavy atom. The first-order chi connectivity index (χ1) is 8.18. The monoisotopic (exact) mass is 227 g/mol. The summed E-state index contributed by atoms with van der Waals surface area (Å²) in [7, 11) is 1.98. The number of aromatic hydroxyl groups is 2. The van der Waals surface area contributed by atoms with E-state index in [9.17, 15) is 10.2 Å². The summed E-state index contributed by atoms with van der Waals surface area (Å²) in [6.07, 6.45) is 10.0. The van der Waals surface area contributed by atoms with Gasteiger partial charge >= 0.3 is 0 Å². The Morgan fingerprint density at radius 2 is 2.00 bits per heavy atom. The standard InChI is InChI=1S/C14H13NO2/c1-15-11-5-3-2-4-9(11)8-10-12(15)6-7-13(16)14(10)17/h2-8,11,16-17H,1H3. The van der Waals surface area contributed by atoms with Crippen LogP contribution < -0.4 is 4.90 Å². The predicted molar refractivity (Wildman–Crippen MR) is 68.2 cm³/mol. The van der Waals surface area contributed by atoms with E-state index in [-0.39, 0.29) is 17.5 Å². The van der Waals surface area contributed by atoms with E-state index in [0.717, 1.165) is 11.3 Å². The van der Waals surface area contributed by atoms with Gasteiger partial charge in [-0.05, 0) is 23.8 Å². The number of hydrogen-bond donors (Lipinski definition) is 2. The second-order valence-electron chi connectivity index (χ2n) is 4.31. The van der Waals surface area contributed by atoms with E-state index < -0.39 is 0 Å². The van der Waals surface area contributed by atoms with Crippen LogP contribution in [0.2, 0.25) is 0 Å². The van der Waals surface area contributed by atoms with Crippen molar-refractivity contribution in [1.82, 2.24) is 0 Å². The van der Waals surface area contributed by atoms with Crippen LogP contribution in [0.15, 0.2) is 42.0 Å². The molecule has 1 aliphatic heterocycles. The van der Waals surface area contributed by atoms with Gasteiger partial charge in [-0.25, -0.2) is 0 Å². The van der Waals surface area contributed by atoms with Crippen molar-refractivity contribution in [2.75, 3.05) is 11.9 Å². The van der Waals surface area contributed by atoms with Gasteiger partial charge in [-0.1, -0.05) is 24.3 Å². The van der Waals surface area contributed by atoms with Crippen LogP contribution in [0.25, 0.3) is 6.08 Å². The van der Waals surface area contributed by atoms with Crippen LogP contribution in [0, 0.1) is 0 Å². The molecule has 0 aromatic heterocycles. The van der Waals surface area contributed by atoms with Gasteiger partial charge in [-0.2, -0.15) is 0 Å². The minimum absolute atomic E-state index is 0.0525. The molecule has 0 amide bonds. The number of rotatable bonds is 0. The molecule has 0 bridgehead atoms. The zero-order valence-electron chi connectivity index (χ0n) is 9.46. The molecular formula is C14H13NO2. The van der Waals surface area contributed by atoms with Crippen molar-refractivity contribution in [2.45, 2.75) is 6.04 Å². The van der Waals surface area contributed by atoms with Crippen molar-refractivity contribution in [3.8, 4) is 11.5 Å². The van der Waals surface area contributed by atoms with E-state index in [1.54, 1.807) is 0 Å². The highest BCUT2D eigenvalue weighted by molar-refractivity contribution is 5.82. The number of allylic oxidation sites excluding steroid dienone is 2. The highest BCUT2D eigenvalue weighted by Crippen LogP contribution is 2.42. The second-order valence-corrected chi connectivity index (χ2v) is 4.31. The van der Waals surface area contributed by atoms with Crippen LogP contribution in [0.1, 0.15) is 5.56 Å². The maximum absolute atomic E-state index is 9.89. The van der Waals surface area contributed by atoms with Crippen molar-refractivity contribution in [2.24, 2.45) is 0 Å². The van der Waals surface area contributed by atoms with E-state index in [0.29, 0.717) is 5.56 Å². The topological polar surface area (TPSA) is 43.7 Å². The zero-order valence-corrected chi connectivity index (χ0v) is 9.46. The lowest BCUT2D eigenvalue weighted by Crippen LogP contribution is -2.34. The fourth-order valence-electron chi connectivity index (χ4n) is 2.38. The van der Waals surface area contributed by atoms with E-state index in [4.69, 9.17) is 0 Å². The number of anilines is 1. The maximum atomic E-state index is 9.89. The zero-order chi connectivity index (χ0) is 12.0. The Kier molecular flexibility index (Phi) is 2.01. The van der Waals surface area contributed by atoms with Gasteiger partial charge in [0, 0.05) is 18.3 Å². The Morgan fingerprint density at radius 3 is 2.82 bits per heavy atom. The summed E-state index contributed by atoms with van der Waals surface area (Å²) in [4.78, 5) is 2.09. The van der Waals surface area contributed by atoms with Crippen molar-refractivity contribution in [1.29, 1.82) is 0 Å². The van der Waals surface area contributed by atoms with Crippen LogP contribution in [0.3, 0.4) is 0 Å². The Bertz CT molecular complexity index is 570.